The molecule has 5 nitrogen and oxygen atoms in total. The Morgan fingerprint density at radius 3 is 2.38 bits per heavy atom. The summed E-state index contributed by atoms with van der Waals surface area (Å²) < 4.78 is 0. The number of carbonyl (C=O) groups excluding carboxylic acids is 2. The topological polar surface area (TPSA) is 84.2 Å². The number of hydrogen-bond acceptors (Lipinski definition) is 3. The van der Waals surface area contributed by atoms with E-state index in [0.717, 1.165) is 5.56 Å². The Morgan fingerprint density at radius 2 is 1.86 bits per heavy atom. The number of carbonyl (C=O) groups is 2. The first-order valence-corrected chi connectivity index (χ1v) is 7.14. The van der Waals surface area contributed by atoms with Crippen molar-refractivity contribution in [3.8, 4) is 0 Å². The van der Waals surface area contributed by atoms with Gasteiger partial charge in [0.25, 0.3) is 0 Å². The zero-order valence-corrected chi connectivity index (χ0v) is 13.0. The number of nitrogens with one attached hydrogen (secondary N) is 2. The molecular weight excluding hydrogens is 266 g/mol. The molecule has 1 aromatic rings. The number of rotatable bonds is 7. The number of amides is 2. The third-order valence-electron chi connectivity index (χ3n) is 3.53. The fourth-order valence-corrected chi connectivity index (χ4v) is 2.05. The number of nitrogens with two attached hydrogens (primary N) is 1. The molecule has 0 aliphatic rings. The molecule has 2 amide bonds. The van der Waals surface area contributed by atoms with Crippen LogP contribution in [0.5, 0.6) is 0 Å². The molecule has 0 aromatic heterocycles. The minimum atomic E-state index is -0.643. The SMILES string of the molecule is CNC(=O)C(C)(C)CNC(=O)C(CN)Cc1ccccc1. The zero-order valence-electron chi connectivity index (χ0n) is 13.0. The van der Waals surface area contributed by atoms with Crippen molar-refractivity contribution in [2.24, 2.45) is 17.1 Å². The van der Waals surface area contributed by atoms with E-state index in [1.54, 1.807) is 20.9 Å². The van der Waals surface area contributed by atoms with Crippen LogP contribution in [0.15, 0.2) is 30.3 Å². The Bertz CT molecular complexity index is 472. The highest BCUT2D eigenvalue weighted by Gasteiger charge is 2.28. The van der Waals surface area contributed by atoms with E-state index in [4.69, 9.17) is 5.73 Å². The van der Waals surface area contributed by atoms with Gasteiger partial charge in [-0.15, -0.1) is 0 Å². The molecule has 1 rings (SSSR count). The van der Waals surface area contributed by atoms with Gasteiger partial charge < -0.3 is 16.4 Å². The first-order valence-electron chi connectivity index (χ1n) is 7.14. The summed E-state index contributed by atoms with van der Waals surface area (Å²) >= 11 is 0. The van der Waals surface area contributed by atoms with Crippen LogP contribution in [0, 0.1) is 11.3 Å². The molecular formula is C16H25N3O2. The molecule has 0 radical (unpaired) electrons. The van der Waals surface area contributed by atoms with E-state index < -0.39 is 5.41 Å². The van der Waals surface area contributed by atoms with Crippen LogP contribution in [0.2, 0.25) is 0 Å². The first-order chi connectivity index (χ1) is 9.90. The largest absolute Gasteiger partial charge is 0.359 e. The summed E-state index contributed by atoms with van der Waals surface area (Å²) in [6, 6.07) is 9.77. The average Bonchev–Trinajstić information content (AvgIpc) is 2.50. The highest BCUT2D eigenvalue weighted by molar-refractivity contribution is 5.84. The molecule has 0 bridgehead atoms. The molecule has 0 fully saturated rings. The molecule has 1 aromatic carbocycles. The van der Waals surface area contributed by atoms with E-state index in [1.165, 1.54) is 0 Å². The maximum atomic E-state index is 12.2. The summed E-state index contributed by atoms with van der Waals surface area (Å²) in [4.78, 5) is 23.9. The summed E-state index contributed by atoms with van der Waals surface area (Å²) in [5, 5.41) is 5.43. The average molecular weight is 291 g/mol. The Morgan fingerprint density at radius 1 is 1.24 bits per heavy atom. The molecule has 1 unspecified atom stereocenters. The second-order valence-corrected chi connectivity index (χ2v) is 5.80. The lowest BCUT2D eigenvalue weighted by molar-refractivity contribution is -0.130. The van der Waals surface area contributed by atoms with E-state index >= 15 is 0 Å². The predicted octanol–water partition coefficient (Wildman–Crippen LogP) is 0.692. The lowest BCUT2D eigenvalue weighted by Crippen LogP contribution is -2.46. The van der Waals surface area contributed by atoms with Crippen LogP contribution in [-0.4, -0.2) is 32.0 Å². The lowest BCUT2D eigenvalue weighted by atomic mass is 9.91. The van der Waals surface area contributed by atoms with E-state index in [1.807, 2.05) is 30.3 Å². The molecule has 116 valence electrons. The molecule has 4 N–H and O–H groups in total. The van der Waals surface area contributed by atoms with Crippen molar-refractivity contribution >= 4 is 11.8 Å². The first kappa shape index (κ1) is 17.2. The summed E-state index contributed by atoms with van der Waals surface area (Å²) in [7, 11) is 1.59. The molecule has 1 atom stereocenters. The van der Waals surface area contributed by atoms with Crippen molar-refractivity contribution in [2.75, 3.05) is 20.1 Å². The molecule has 5 heteroatoms. The van der Waals surface area contributed by atoms with Crippen LogP contribution in [-0.2, 0) is 16.0 Å². The van der Waals surface area contributed by atoms with Crippen molar-refractivity contribution in [1.29, 1.82) is 0 Å². The smallest absolute Gasteiger partial charge is 0.227 e. The molecule has 0 saturated carbocycles. The van der Waals surface area contributed by atoms with Gasteiger partial charge in [0.15, 0.2) is 0 Å². The van der Waals surface area contributed by atoms with Gasteiger partial charge in [0.05, 0.1) is 11.3 Å². The van der Waals surface area contributed by atoms with Crippen LogP contribution in [0.25, 0.3) is 0 Å². The van der Waals surface area contributed by atoms with Crippen molar-refractivity contribution < 1.29 is 9.59 Å². The molecule has 0 aliphatic carbocycles. The van der Waals surface area contributed by atoms with Crippen molar-refractivity contribution in [3.63, 3.8) is 0 Å². The molecule has 0 spiro atoms. The zero-order chi connectivity index (χ0) is 15.9. The van der Waals surface area contributed by atoms with Gasteiger partial charge in [-0.25, -0.2) is 0 Å². The standard InChI is InChI=1S/C16H25N3O2/c1-16(2,15(21)18-3)11-19-14(20)13(10-17)9-12-7-5-4-6-8-12/h4-8,13H,9-11,17H2,1-3H3,(H,18,21)(H,19,20). The van der Waals surface area contributed by atoms with E-state index in [9.17, 15) is 9.59 Å². The molecule has 21 heavy (non-hydrogen) atoms. The third kappa shape index (κ3) is 5.19. The Labute approximate surface area is 126 Å². The van der Waals surface area contributed by atoms with Crippen LogP contribution >= 0.6 is 0 Å². The van der Waals surface area contributed by atoms with Crippen LogP contribution < -0.4 is 16.4 Å². The van der Waals surface area contributed by atoms with Crippen LogP contribution in [0.3, 0.4) is 0 Å². The van der Waals surface area contributed by atoms with E-state index in [2.05, 4.69) is 10.6 Å². The van der Waals surface area contributed by atoms with E-state index in [-0.39, 0.29) is 30.8 Å². The normalized spacial score (nSPS) is 12.6. The molecule has 0 saturated heterocycles. The van der Waals surface area contributed by atoms with Gasteiger partial charge in [-0.1, -0.05) is 30.3 Å². The number of hydrogen-bond donors (Lipinski definition) is 3. The highest BCUT2D eigenvalue weighted by Crippen LogP contribution is 2.14. The lowest BCUT2D eigenvalue weighted by Gasteiger charge is -2.24. The van der Waals surface area contributed by atoms with Gasteiger partial charge in [-0.2, -0.15) is 0 Å². The quantitative estimate of drug-likeness (QED) is 0.691. The highest BCUT2D eigenvalue weighted by atomic mass is 16.2. The van der Waals surface area contributed by atoms with Gasteiger partial charge in [-0.3, -0.25) is 9.59 Å². The maximum absolute atomic E-state index is 12.2. The molecule has 0 aliphatic heterocycles. The van der Waals surface area contributed by atoms with Crippen molar-refractivity contribution in [3.05, 3.63) is 35.9 Å². The minimum Gasteiger partial charge on any atom is -0.359 e. The van der Waals surface area contributed by atoms with Gasteiger partial charge >= 0.3 is 0 Å². The Balaban J connectivity index is 2.58. The monoisotopic (exact) mass is 291 g/mol. The number of benzene rings is 1. The van der Waals surface area contributed by atoms with Gasteiger partial charge in [0.1, 0.15) is 0 Å². The fraction of sp³-hybridized carbons (Fsp3) is 0.500. The third-order valence-corrected chi connectivity index (χ3v) is 3.53. The molecule has 0 heterocycles. The minimum absolute atomic E-state index is 0.102. The summed E-state index contributed by atoms with van der Waals surface area (Å²) in [6.45, 7) is 4.15. The van der Waals surface area contributed by atoms with E-state index in [0.29, 0.717) is 6.42 Å². The second kappa shape index (κ2) is 7.78. The summed E-state index contributed by atoms with van der Waals surface area (Å²) in [5.74, 6) is -0.499. The maximum Gasteiger partial charge on any atom is 0.227 e. The fourth-order valence-electron chi connectivity index (χ4n) is 2.05. The van der Waals surface area contributed by atoms with Gasteiger partial charge in [0.2, 0.25) is 11.8 Å². The van der Waals surface area contributed by atoms with Crippen molar-refractivity contribution in [1.82, 2.24) is 10.6 Å². The Kier molecular flexibility index (Phi) is 6.37. The summed E-state index contributed by atoms with van der Waals surface area (Å²) in [5.41, 5.74) is 6.14. The summed E-state index contributed by atoms with van der Waals surface area (Å²) in [6.07, 6.45) is 0.601. The van der Waals surface area contributed by atoms with Crippen molar-refractivity contribution in [2.45, 2.75) is 20.3 Å². The Hall–Kier alpha value is -1.88. The predicted molar refractivity (Wildman–Crippen MR) is 83.5 cm³/mol. The van der Waals surface area contributed by atoms with Crippen LogP contribution in [0.4, 0.5) is 0 Å². The van der Waals surface area contributed by atoms with Gasteiger partial charge in [-0.05, 0) is 25.8 Å². The van der Waals surface area contributed by atoms with Crippen LogP contribution in [0.1, 0.15) is 19.4 Å². The second-order valence-electron chi connectivity index (χ2n) is 5.80. The van der Waals surface area contributed by atoms with Gasteiger partial charge in [0, 0.05) is 20.1 Å².